The number of rotatable bonds is 9. The van der Waals surface area contributed by atoms with E-state index in [1.54, 1.807) is 0 Å². The van der Waals surface area contributed by atoms with Crippen LogP contribution in [0.3, 0.4) is 0 Å². The van der Waals surface area contributed by atoms with Gasteiger partial charge in [0.15, 0.2) is 0 Å². The molecule has 0 bridgehead atoms. The summed E-state index contributed by atoms with van der Waals surface area (Å²) in [5.74, 6) is 0. The predicted octanol–water partition coefficient (Wildman–Crippen LogP) is 3.18. The fourth-order valence-corrected chi connectivity index (χ4v) is 2.33. The highest BCUT2D eigenvalue weighted by atomic mass is 16.6. The number of alkyl carbamates (subject to hydrolysis) is 1. The Morgan fingerprint density at radius 2 is 1.88 bits per heavy atom. The summed E-state index contributed by atoms with van der Waals surface area (Å²) in [6.45, 7) is 9.67. The zero-order chi connectivity index (χ0) is 18.9. The van der Waals surface area contributed by atoms with E-state index in [4.69, 9.17) is 9.47 Å². The first-order valence-electron chi connectivity index (χ1n) is 8.63. The highest BCUT2D eigenvalue weighted by Gasteiger charge is 2.24. The quantitative estimate of drug-likeness (QED) is 0.671. The van der Waals surface area contributed by atoms with Crippen LogP contribution in [0.25, 0.3) is 0 Å². The largest absolute Gasteiger partial charge is 0.444 e. The summed E-state index contributed by atoms with van der Waals surface area (Å²) in [7, 11) is 0. The number of hydrogen-bond donors (Lipinski definition) is 2. The zero-order valence-electron chi connectivity index (χ0n) is 15.7. The molecule has 0 spiro atoms. The molecule has 0 radical (unpaired) electrons. The highest BCUT2D eigenvalue weighted by molar-refractivity contribution is 5.67. The molecule has 140 valence electrons. The van der Waals surface area contributed by atoms with Crippen LogP contribution in [-0.4, -0.2) is 36.8 Å². The van der Waals surface area contributed by atoms with Crippen LogP contribution in [0.5, 0.6) is 0 Å². The van der Waals surface area contributed by atoms with E-state index >= 15 is 0 Å². The normalized spacial score (nSPS) is 14.9. The molecule has 6 heteroatoms. The van der Waals surface area contributed by atoms with Gasteiger partial charge in [-0.15, -0.1) is 0 Å². The molecule has 0 aliphatic carbocycles. The lowest BCUT2D eigenvalue weighted by Crippen LogP contribution is -2.40. The Kier molecular flexibility index (Phi) is 8.41. The molecular formula is C19H30N2O4. The van der Waals surface area contributed by atoms with E-state index in [2.05, 4.69) is 10.6 Å². The number of amides is 2. The van der Waals surface area contributed by atoms with Crippen LogP contribution in [0.15, 0.2) is 30.3 Å². The number of ether oxygens (including phenoxy) is 2. The second-order valence-electron chi connectivity index (χ2n) is 6.95. The van der Waals surface area contributed by atoms with Crippen LogP contribution in [0, 0.1) is 0 Å². The van der Waals surface area contributed by atoms with E-state index in [0.29, 0.717) is 19.4 Å². The smallest absolute Gasteiger partial charge is 0.407 e. The average Bonchev–Trinajstić information content (AvgIpc) is 2.54. The van der Waals surface area contributed by atoms with Gasteiger partial charge in [-0.1, -0.05) is 37.3 Å². The number of nitrogens with one attached hydrogen (secondary N) is 2. The Balaban J connectivity index is 2.72. The summed E-state index contributed by atoms with van der Waals surface area (Å²) in [5, 5.41) is 5.49. The molecule has 1 rings (SSSR count). The van der Waals surface area contributed by atoms with Crippen LogP contribution in [0.4, 0.5) is 4.79 Å². The van der Waals surface area contributed by atoms with E-state index in [9.17, 15) is 9.59 Å². The maximum Gasteiger partial charge on any atom is 0.407 e. The van der Waals surface area contributed by atoms with Gasteiger partial charge in [0, 0.05) is 6.54 Å². The Morgan fingerprint density at radius 3 is 2.40 bits per heavy atom. The first kappa shape index (κ1) is 21.0. The summed E-state index contributed by atoms with van der Waals surface area (Å²) in [4.78, 5) is 22.6. The Hall–Kier alpha value is -2.08. The number of benzene rings is 1. The van der Waals surface area contributed by atoms with Crippen molar-refractivity contribution in [2.75, 3.05) is 6.54 Å². The van der Waals surface area contributed by atoms with Gasteiger partial charge in [0.1, 0.15) is 11.7 Å². The molecule has 1 aromatic rings. The number of carbonyl (C=O) groups excluding carboxylic acids is 2. The number of hydrogen-bond acceptors (Lipinski definition) is 4. The Bertz CT molecular complexity index is 528. The van der Waals surface area contributed by atoms with E-state index in [0.717, 1.165) is 5.56 Å². The van der Waals surface area contributed by atoms with Crippen LogP contribution in [0.1, 0.15) is 52.7 Å². The minimum Gasteiger partial charge on any atom is -0.444 e. The fraction of sp³-hybridized carbons (Fsp3) is 0.579. The molecule has 3 atom stereocenters. The summed E-state index contributed by atoms with van der Waals surface area (Å²) >= 11 is 0. The van der Waals surface area contributed by atoms with Gasteiger partial charge < -0.3 is 20.1 Å². The van der Waals surface area contributed by atoms with Crippen LogP contribution in [0.2, 0.25) is 0 Å². The molecule has 2 N–H and O–H groups in total. The molecule has 0 aliphatic rings. The molecule has 6 nitrogen and oxygen atoms in total. The lowest BCUT2D eigenvalue weighted by atomic mass is 10.0. The molecule has 0 saturated carbocycles. The third kappa shape index (κ3) is 8.03. The SMILES string of the molecule is CC[C@H](CNC(=O)OC(C)(C)C)O[C@H](c1ccccc1)[C@H](C)NC=O. The second-order valence-corrected chi connectivity index (χ2v) is 6.95. The van der Waals surface area contributed by atoms with Crippen molar-refractivity contribution in [2.24, 2.45) is 0 Å². The van der Waals surface area contributed by atoms with Crippen LogP contribution in [-0.2, 0) is 14.3 Å². The van der Waals surface area contributed by atoms with E-state index < -0.39 is 11.7 Å². The molecule has 2 amide bonds. The van der Waals surface area contributed by atoms with Gasteiger partial charge in [-0.05, 0) is 39.7 Å². The maximum atomic E-state index is 11.8. The first-order valence-corrected chi connectivity index (χ1v) is 8.63. The monoisotopic (exact) mass is 350 g/mol. The fourth-order valence-electron chi connectivity index (χ4n) is 2.33. The standard InChI is InChI=1S/C19H30N2O4/c1-6-16(12-20-18(23)25-19(3,4)5)24-17(14(2)21-13-22)15-10-8-7-9-11-15/h7-11,13-14,16-17H,6,12H2,1-5H3,(H,20,23)(H,21,22)/t14-,16+,17-/m0/s1. The lowest BCUT2D eigenvalue weighted by molar-refractivity contribution is -0.112. The summed E-state index contributed by atoms with van der Waals surface area (Å²) in [6.07, 6.45) is 0.409. The number of carbonyl (C=O) groups is 2. The van der Waals surface area contributed by atoms with Crippen molar-refractivity contribution in [1.29, 1.82) is 0 Å². The van der Waals surface area contributed by atoms with Gasteiger partial charge in [-0.3, -0.25) is 4.79 Å². The van der Waals surface area contributed by atoms with Crippen molar-refractivity contribution in [3.05, 3.63) is 35.9 Å². The molecule has 0 fully saturated rings. The highest BCUT2D eigenvalue weighted by Crippen LogP contribution is 2.23. The van der Waals surface area contributed by atoms with E-state index in [1.807, 2.05) is 65.0 Å². The molecule has 1 aromatic carbocycles. The van der Waals surface area contributed by atoms with Crippen LogP contribution < -0.4 is 10.6 Å². The van der Waals surface area contributed by atoms with Crippen molar-refractivity contribution in [3.63, 3.8) is 0 Å². The molecule has 25 heavy (non-hydrogen) atoms. The van der Waals surface area contributed by atoms with Gasteiger partial charge in [0.05, 0.1) is 12.1 Å². The third-order valence-electron chi connectivity index (χ3n) is 3.58. The van der Waals surface area contributed by atoms with E-state index in [-0.39, 0.29) is 18.2 Å². The van der Waals surface area contributed by atoms with Crippen molar-refractivity contribution in [3.8, 4) is 0 Å². The molecular weight excluding hydrogens is 320 g/mol. The predicted molar refractivity (Wildman–Crippen MR) is 97.2 cm³/mol. The average molecular weight is 350 g/mol. The topological polar surface area (TPSA) is 76.7 Å². The Labute approximate surface area is 150 Å². The minimum atomic E-state index is -0.540. The molecule has 0 unspecified atom stereocenters. The van der Waals surface area contributed by atoms with Crippen molar-refractivity contribution in [1.82, 2.24) is 10.6 Å². The lowest BCUT2D eigenvalue weighted by Gasteiger charge is -2.29. The van der Waals surface area contributed by atoms with Gasteiger partial charge >= 0.3 is 6.09 Å². The molecule has 0 saturated heterocycles. The van der Waals surface area contributed by atoms with Crippen molar-refractivity contribution in [2.45, 2.75) is 64.9 Å². The zero-order valence-corrected chi connectivity index (χ0v) is 15.7. The molecule has 0 aliphatic heterocycles. The van der Waals surface area contributed by atoms with Gasteiger partial charge in [-0.25, -0.2) is 4.79 Å². The summed E-state index contributed by atoms with van der Waals surface area (Å²) in [6, 6.07) is 9.51. The van der Waals surface area contributed by atoms with Gasteiger partial charge in [0.25, 0.3) is 0 Å². The first-order chi connectivity index (χ1) is 11.8. The van der Waals surface area contributed by atoms with Crippen molar-refractivity contribution < 1.29 is 19.1 Å². The molecule has 0 aromatic heterocycles. The summed E-state index contributed by atoms with van der Waals surface area (Å²) in [5.41, 5.74) is 0.432. The summed E-state index contributed by atoms with van der Waals surface area (Å²) < 4.78 is 11.4. The molecule has 0 heterocycles. The third-order valence-corrected chi connectivity index (χ3v) is 3.58. The van der Waals surface area contributed by atoms with Gasteiger partial charge in [0.2, 0.25) is 6.41 Å². The maximum absolute atomic E-state index is 11.8. The van der Waals surface area contributed by atoms with Crippen molar-refractivity contribution >= 4 is 12.5 Å². The van der Waals surface area contributed by atoms with Crippen LogP contribution >= 0.6 is 0 Å². The van der Waals surface area contributed by atoms with E-state index in [1.165, 1.54) is 0 Å². The van der Waals surface area contributed by atoms with Gasteiger partial charge in [-0.2, -0.15) is 0 Å². The second kappa shape index (κ2) is 10.0. The Morgan fingerprint density at radius 1 is 1.24 bits per heavy atom. The minimum absolute atomic E-state index is 0.199.